The number of rotatable bonds is 5. The van der Waals surface area contributed by atoms with E-state index in [4.69, 9.17) is 4.74 Å². The van der Waals surface area contributed by atoms with Crippen molar-refractivity contribution in [2.24, 2.45) is 0 Å². The number of halogens is 2. The average Bonchev–Trinajstić information content (AvgIpc) is 2.33. The highest BCUT2D eigenvalue weighted by Crippen LogP contribution is 2.14. The van der Waals surface area contributed by atoms with Crippen LogP contribution in [0.4, 0.5) is 19.3 Å². The molecule has 20 heavy (non-hydrogen) atoms. The van der Waals surface area contributed by atoms with Gasteiger partial charge in [0.1, 0.15) is 11.6 Å². The summed E-state index contributed by atoms with van der Waals surface area (Å²) in [5.41, 5.74) is -0.272. The third kappa shape index (κ3) is 5.21. The average molecular weight is 286 g/mol. The van der Waals surface area contributed by atoms with Crippen LogP contribution in [0, 0.1) is 11.6 Å². The molecule has 0 heterocycles. The zero-order chi connectivity index (χ0) is 15.1. The smallest absolute Gasteiger partial charge is 0.319 e. The quantitative estimate of drug-likeness (QED) is 0.817. The van der Waals surface area contributed by atoms with Crippen molar-refractivity contribution in [1.29, 1.82) is 0 Å². The molecule has 0 aromatic heterocycles. The molecule has 0 saturated carbocycles. The van der Waals surface area contributed by atoms with Crippen molar-refractivity contribution in [2.75, 3.05) is 11.9 Å². The number of benzene rings is 1. The van der Waals surface area contributed by atoms with Gasteiger partial charge in [-0.2, -0.15) is 0 Å². The molecule has 0 bridgehead atoms. The van der Waals surface area contributed by atoms with Crippen molar-refractivity contribution < 1.29 is 23.1 Å². The summed E-state index contributed by atoms with van der Waals surface area (Å²) in [5.74, 6) is -1.86. The maximum absolute atomic E-state index is 13.3. The second kappa shape index (κ2) is 7.42. The molecule has 1 aromatic rings. The maximum Gasteiger partial charge on any atom is 0.319 e. The molecule has 1 aromatic carbocycles. The van der Waals surface area contributed by atoms with Gasteiger partial charge in [-0.15, -0.1) is 0 Å². The number of hydrogen-bond donors (Lipinski definition) is 2. The van der Waals surface area contributed by atoms with Gasteiger partial charge in [-0.05, 0) is 26.0 Å². The number of carbonyl (C=O) groups excluding carboxylic acids is 2. The number of carbonyl (C=O) groups is 2. The molecule has 0 radical (unpaired) electrons. The Morgan fingerprint density at radius 3 is 2.70 bits per heavy atom. The summed E-state index contributed by atoms with van der Waals surface area (Å²) in [6.45, 7) is 3.53. The van der Waals surface area contributed by atoms with Gasteiger partial charge in [-0.25, -0.2) is 13.6 Å². The van der Waals surface area contributed by atoms with E-state index in [9.17, 15) is 18.4 Å². The molecular weight excluding hydrogens is 270 g/mol. The number of nitrogens with one attached hydrogen (secondary N) is 2. The van der Waals surface area contributed by atoms with Crippen LogP contribution in [0.3, 0.4) is 0 Å². The lowest BCUT2D eigenvalue weighted by Gasteiger charge is -2.14. The third-order valence-electron chi connectivity index (χ3n) is 2.33. The minimum atomic E-state index is -0.750. The van der Waals surface area contributed by atoms with E-state index < -0.39 is 29.7 Å². The summed E-state index contributed by atoms with van der Waals surface area (Å²) in [6, 6.07) is 1.50. The summed E-state index contributed by atoms with van der Waals surface area (Å²) >= 11 is 0. The Kier molecular flexibility index (Phi) is 5.89. The van der Waals surface area contributed by atoms with Crippen molar-refractivity contribution >= 4 is 17.7 Å². The van der Waals surface area contributed by atoms with Gasteiger partial charge in [0.15, 0.2) is 0 Å². The van der Waals surface area contributed by atoms with Crippen LogP contribution < -0.4 is 10.6 Å². The summed E-state index contributed by atoms with van der Waals surface area (Å²) in [5, 5.41) is 4.59. The number of hydrogen-bond acceptors (Lipinski definition) is 3. The van der Waals surface area contributed by atoms with Gasteiger partial charge in [-0.1, -0.05) is 0 Å². The molecule has 1 rings (SSSR count). The molecular formula is C13H16F2N2O3. The monoisotopic (exact) mass is 286 g/mol. The lowest BCUT2D eigenvalue weighted by atomic mass is 10.2. The highest BCUT2D eigenvalue weighted by molar-refractivity contribution is 5.89. The molecule has 0 aliphatic rings. The molecule has 0 spiro atoms. The predicted octanol–water partition coefficient (Wildman–Crippen LogP) is 2.43. The van der Waals surface area contributed by atoms with Crippen LogP contribution in [-0.2, 0) is 9.53 Å². The fourth-order valence-electron chi connectivity index (χ4n) is 1.50. The molecule has 0 saturated heterocycles. The molecule has 110 valence electrons. The number of urea groups is 1. The van der Waals surface area contributed by atoms with Crippen LogP contribution in [0.15, 0.2) is 18.2 Å². The van der Waals surface area contributed by atoms with Crippen molar-refractivity contribution in [2.45, 2.75) is 26.3 Å². The number of anilines is 1. The first-order valence-electron chi connectivity index (χ1n) is 6.10. The van der Waals surface area contributed by atoms with Crippen LogP contribution in [0.5, 0.6) is 0 Å². The topological polar surface area (TPSA) is 67.4 Å². The predicted molar refractivity (Wildman–Crippen MR) is 69.2 cm³/mol. The third-order valence-corrected chi connectivity index (χ3v) is 2.33. The highest BCUT2D eigenvalue weighted by atomic mass is 19.1. The highest BCUT2D eigenvalue weighted by Gasteiger charge is 2.14. The normalized spacial score (nSPS) is 11.6. The fraction of sp³-hybridized carbons (Fsp3) is 0.385. The maximum atomic E-state index is 13.3. The van der Waals surface area contributed by atoms with E-state index in [1.807, 2.05) is 0 Å². The molecule has 5 nitrogen and oxygen atoms in total. The van der Waals surface area contributed by atoms with Crippen molar-refractivity contribution in [3.63, 3.8) is 0 Å². The van der Waals surface area contributed by atoms with Crippen molar-refractivity contribution in [3.05, 3.63) is 29.8 Å². The lowest BCUT2D eigenvalue weighted by Crippen LogP contribution is -2.37. The van der Waals surface area contributed by atoms with Crippen LogP contribution in [0.25, 0.3) is 0 Å². The number of ether oxygens (including phenoxy) is 1. The largest absolute Gasteiger partial charge is 0.466 e. The van der Waals surface area contributed by atoms with Gasteiger partial charge in [0.25, 0.3) is 0 Å². The van der Waals surface area contributed by atoms with Gasteiger partial charge in [0.05, 0.1) is 18.7 Å². The first-order chi connectivity index (χ1) is 9.42. The SMILES string of the molecule is CCOC(=O)CC(C)NC(=O)Nc1cc(F)ccc1F. The van der Waals surface area contributed by atoms with E-state index in [2.05, 4.69) is 10.6 Å². The van der Waals surface area contributed by atoms with E-state index in [0.29, 0.717) is 0 Å². The van der Waals surface area contributed by atoms with Gasteiger partial charge in [-0.3, -0.25) is 4.79 Å². The molecule has 0 fully saturated rings. The molecule has 7 heteroatoms. The Hall–Kier alpha value is -2.18. The second-order valence-electron chi connectivity index (χ2n) is 4.13. The molecule has 2 amide bonds. The van der Waals surface area contributed by atoms with Crippen LogP contribution >= 0.6 is 0 Å². The van der Waals surface area contributed by atoms with Gasteiger partial charge in [0.2, 0.25) is 0 Å². The van der Waals surface area contributed by atoms with Crippen LogP contribution in [-0.4, -0.2) is 24.6 Å². The van der Waals surface area contributed by atoms with Gasteiger partial charge >= 0.3 is 12.0 Å². The zero-order valence-electron chi connectivity index (χ0n) is 11.2. The number of esters is 1. The van der Waals surface area contributed by atoms with Crippen LogP contribution in [0.1, 0.15) is 20.3 Å². The molecule has 0 aliphatic carbocycles. The van der Waals surface area contributed by atoms with Crippen molar-refractivity contribution in [1.82, 2.24) is 5.32 Å². The molecule has 1 atom stereocenters. The van der Waals surface area contributed by atoms with E-state index in [1.165, 1.54) is 0 Å². The second-order valence-corrected chi connectivity index (χ2v) is 4.13. The standard InChI is InChI=1S/C13H16F2N2O3/c1-3-20-12(18)6-8(2)16-13(19)17-11-7-9(14)4-5-10(11)15/h4-5,7-8H,3,6H2,1-2H3,(H2,16,17,19). The summed E-state index contributed by atoms with van der Waals surface area (Å²) in [6.07, 6.45) is -0.00705. The van der Waals surface area contributed by atoms with E-state index in [0.717, 1.165) is 18.2 Å². The molecule has 1 unspecified atom stereocenters. The molecule has 0 aliphatic heterocycles. The van der Waals surface area contributed by atoms with E-state index in [-0.39, 0.29) is 18.7 Å². The van der Waals surface area contributed by atoms with Crippen molar-refractivity contribution in [3.8, 4) is 0 Å². The first-order valence-corrected chi connectivity index (χ1v) is 6.10. The Balaban J connectivity index is 2.51. The minimum absolute atomic E-state index is 0.00705. The summed E-state index contributed by atoms with van der Waals surface area (Å²) < 4.78 is 30.9. The summed E-state index contributed by atoms with van der Waals surface area (Å²) in [7, 11) is 0. The van der Waals surface area contributed by atoms with E-state index >= 15 is 0 Å². The van der Waals surface area contributed by atoms with Gasteiger partial charge in [0, 0.05) is 12.1 Å². The van der Waals surface area contributed by atoms with E-state index in [1.54, 1.807) is 13.8 Å². The summed E-state index contributed by atoms with van der Waals surface area (Å²) in [4.78, 5) is 22.8. The lowest BCUT2D eigenvalue weighted by molar-refractivity contribution is -0.143. The first kappa shape index (κ1) is 15.9. The molecule has 2 N–H and O–H groups in total. The fourth-order valence-corrected chi connectivity index (χ4v) is 1.50. The van der Waals surface area contributed by atoms with Gasteiger partial charge < -0.3 is 15.4 Å². The Labute approximate surface area is 115 Å². The number of amides is 2. The Bertz CT molecular complexity index is 495. The minimum Gasteiger partial charge on any atom is -0.466 e. The van der Waals surface area contributed by atoms with Crippen LogP contribution in [0.2, 0.25) is 0 Å². The zero-order valence-corrected chi connectivity index (χ0v) is 11.2. The Morgan fingerprint density at radius 1 is 1.35 bits per heavy atom. The Morgan fingerprint density at radius 2 is 2.05 bits per heavy atom.